The van der Waals surface area contributed by atoms with Gasteiger partial charge in [0.25, 0.3) is 0 Å². The Balaban J connectivity index is 1.50. The monoisotopic (exact) mass is 452 g/mol. The van der Waals surface area contributed by atoms with E-state index in [0.29, 0.717) is 29.6 Å². The summed E-state index contributed by atoms with van der Waals surface area (Å²) in [6.45, 7) is 7.11. The Labute approximate surface area is 194 Å². The zero-order valence-electron chi connectivity index (χ0n) is 20.5. The minimum Gasteiger partial charge on any atom is -0.396 e. The molecule has 0 bridgehead atoms. The molecule has 4 fully saturated rings. The summed E-state index contributed by atoms with van der Waals surface area (Å²) in [6, 6.07) is 0. The molecule has 5 nitrogen and oxygen atoms in total. The summed E-state index contributed by atoms with van der Waals surface area (Å²) in [5.41, 5.74) is -0.0228. The normalized spacial score (nSPS) is 49.4. The smallest absolute Gasteiger partial charge is 0.0602 e. The van der Waals surface area contributed by atoms with Crippen LogP contribution in [0.25, 0.3) is 0 Å². The zero-order valence-corrected chi connectivity index (χ0v) is 20.5. The first kappa shape index (κ1) is 24.9. The van der Waals surface area contributed by atoms with Gasteiger partial charge in [0.1, 0.15) is 0 Å². The fraction of sp³-hybridized carbons (Fsp3) is 1.00. The second-order valence-corrected chi connectivity index (χ2v) is 12.7. The maximum absolute atomic E-state index is 11.6. The molecule has 0 spiro atoms. The molecule has 0 radical (unpaired) electrons. The van der Waals surface area contributed by atoms with E-state index in [-0.39, 0.29) is 54.2 Å². The van der Waals surface area contributed by atoms with Crippen LogP contribution in [0.15, 0.2) is 0 Å². The summed E-state index contributed by atoms with van der Waals surface area (Å²) >= 11 is 0. The van der Waals surface area contributed by atoms with Crippen LogP contribution in [0.5, 0.6) is 0 Å². The molecule has 0 aromatic carbocycles. The SMILES string of the molecule is C[C@H](CCCC(CO)CO)[C@H]1CC[C@H]2[C@@H]3[C@H](O)C[C@H]4C[C@H](O)CC[C@]4(C)[C@H]3C[C@H](O)[C@]12C. The van der Waals surface area contributed by atoms with E-state index in [2.05, 4.69) is 20.8 Å². The Morgan fingerprint density at radius 1 is 0.875 bits per heavy atom. The third-order valence-corrected chi connectivity index (χ3v) is 11.3. The van der Waals surface area contributed by atoms with Crippen molar-refractivity contribution in [3.05, 3.63) is 0 Å². The van der Waals surface area contributed by atoms with E-state index in [1.54, 1.807) is 0 Å². The summed E-state index contributed by atoms with van der Waals surface area (Å²) in [6.07, 6.45) is 8.51. The standard InChI is InChI=1S/C27H48O5/c1-16(5-4-6-17(14-28)15-29)20-7-8-21-25-22(13-24(32)27(20,21)3)26(2)10-9-19(30)11-18(26)12-23(25)31/h16-25,28-32H,4-15H2,1-3H3/t16-,18-,19-,20-,21+,22+,23-,24+,25+,26+,27-/m1/s1. The van der Waals surface area contributed by atoms with E-state index in [4.69, 9.17) is 0 Å². The van der Waals surface area contributed by atoms with Gasteiger partial charge < -0.3 is 25.5 Å². The highest BCUT2D eigenvalue weighted by Gasteiger charge is 2.65. The minimum atomic E-state index is -0.332. The van der Waals surface area contributed by atoms with Gasteiger partial charge in [-0.15, -0.1) is 0 Å². The summed E-state index contributed by atoms with van der Waals surface area (Å²) in [7, 11) is 0. The lowest BCUT2D eigenvalue weighted by Crippen LogP contribution is -2.62. The van der Waals surface area contributed by atoms with Gasteiger partial charge in [0, 0.05) is 19.1 Å². The van der Waals surface area contributed by atoms with Crippen LogP contribution in [0.3, 0.4) is 0 Å². The lowest BCUT2D eigenvalue weighted by molar-refractivity contribution is -0.207. The second kappa shape index (κ2) is 9.45. The van der Waals surface area contributed by atoms with Crippen LogP contribution in [-0.2, 0) is 0 Å². The molecule has 0 amide bonds. The molecular weight excluding hydrogens is 404 g/mol. The van der Waals surface area contributed by atoms with Crippen molar-refractivity contribution >= 4 is 0 Å². The number of aliphatic hydroxyl groups is 5. The highest BCUT2D eigenvalue weighted by Crippen LogP contribution is 2.68. The number of aliphatic hydroxyl groups excluding tert-OH is 5. The summed E-state index contributed by atoms with van der Waals surface area (Å²) in [5, 5.41) is 52.0. The molecule has 0 unspecified atom stereocenters. The van der Waals surface area contributed by atoms with Crippen LogP contribution in [-0.4, -0.2) is 57.1 Å². The van der Waals surface area contributed by atoms with Gasteiger partial charge in [0.2, 0.25) is 0 Å². The van der Waals surface area contributed by atoms with Crippen molar-refractivity contribution < 1.29 is 25.5 Å². The molecule has 4 rings (SSSR count). The zero-order chi connectivity index (χ0) is 23.3. The molecule has 5 N–H and O–H groups in total. The number of hydrogen-bond acceptors (Lipinski definition) is 5. The Hall–Kier alpha value is -0.200. The van der Waals surface area contributed by atoms with Crippen LogP contribution in [0.1, 0.15) is 85.0 Å². The van der Waals surface area contributed by atoms with Gasteiger partial charge in [0.15, 0.2) is 0 Å². The van der Waals surface area contributed by atoms with E-state index in [1.807, 2.05) is 0 Å². The number of rotatable bonds is 7. The van der Waals surface area contributed by atoms with Crippen LogP contribution >= 0.6 is 0 Å². The molecule has 186 valence electrons. The lowest BCUT2D eigenvalue weighted by atomic mass is 9.43. The number of fused-ring (bicyclic) bond motifs is 5. The van der Waals surface area contributed by atoms with Gasteiger partial charge in [-0.05, 0) is 97.7 Å². The van der Waals surface area contributed by atoms with E-state index in [1.165, 1.54) is 0 Å². The van der Waals surface area contributed by atoms with Gasteiger partial charge in [-0.1, -0.05) is 33.6 Å². The average molecular weight is 453 g/mol. The van der Waals surface area contributed by atoms with Crippen molar-refractivity contribution in [3.8, 4) is 0 Å². The summed E-state index contributed by atoms with van der Waals surface area (Å²) in [5.74, 6) is 2.27. The first-order valence-corrected chi connectivity index (χ1v) is 13.4. The number of hydrogen-bond donors (Lipinski definition) is 5. The maximum Gasteiger partial charge on any atom is 0.0602 e. The van der Waals surface area contributed by atoms with Crippen LogP contribution < -0.4 is 0 Å². The fourth-order valence-electron chi connectivity index (χ4n) is 9.30. The van der Waals surface area contributed by atoms with Crippen LogP contribution in [0.2, 0.25) is 0 Å². The van der Waals surface area contributed by atoms with Crippen molar-refractivity contribution in [1.82, 2.24) is 0 Å². The largest absolute Gasteiger partial charge is 0.396 e. The lowest BCUT2D eigenvalue weighted by Gasteiger charge is -2.63. The third kappa shape index (κ3) is 3.98. The predicted octanol–water partition coefficient (Wildman–Crippen LogP) is 3.36. The molecule has 0 aliphatic heterocycles. The highest BCUT2D eigenvalue weighted by molar-refractivity contribution is 5.14. The highest BCUT2D eigenvalue weighted by atomic mass is 16.3. The van der Waals surface area contributed by atoms with Gasteiger partial charge in [-0.3, -0.25) is 0 Å². The molecule has 4 aliphatic rings. The molecule has 32 heavy (non-hydrogen) atoms. The average Bonchev–Trinajstić information content (AvgIpc) is 3.12. The van der Waals surface area contributed by atoms with Gasteiger partial charge in [-0.2, -0.15) is 0 Å². The van der Waals surface area contributed by atoms with E-state index >= 15 is 0 Å². The van der Waals surface area contributed by atoms with Crippen molar-refractivity contribution in [2.24, 2.45) is 52.3 Å². The maximum atomic E-state index is 11.6. The molecule has 4 saturated carbocycles. The van der Waals surface area contributed by atoms with Crippen LogP contribution in [0, 0.1) is 52.3 Å². The first-order valence-electron chi connectivity index (χ1n) is 13.4. The Morgan fingerprint density at radius 2 is 1.59 bits per heavy atom. The predicted molar refractivity (Wildman–Crippen MR) is 125 cm³/mol. The molecular formula is C27H48O5. The topological polar surface area (TPSA) is 101 Å². The van der Waals surface area contributed by atoms with Gasteiger partial charge >= 0.3 is 0 Å². The molecule has 5 heteroatoms. The minimum absolute atomic E-state index is 0.0183. The first-order chi connectivity index (χ1) is 15.2. The fourth-order valence-corrected chi connectivity index (χ4v) is 9.30. The second-order valence-electron chi connectivity index (χ2n) is 12.7. The summed E-state index contributed by atoms with van der Waals surface area (Å²) in [4.78, 5) is 0. The molecule has 0 aromatic heterocycles. The summed E-state index contributed by atoms with van der Waals surface area (Å²) < 4.78 is 0. The molecule has 4 aliphatic carbocycles. The van der Waals surface area contributed by atoms with E-state index in [0.717, 1.165) is 64.2 Å². The quantitative estimate of drug-likeness (QED) is 0.408. The van der Waals surface area contributed by atoms with E-state index < -0.39 is 0 Å². The Morgan fingerprint density at radius 3 is 2.28 bits per heavy atom. The van der Waals surface area contributed by atoms with Crippen molar-refractivity contribution in [1.29, 1.82) is 0 Å². The molecule has 0 heterocycles. The Bertz CT molecular complexity index is 638. The van der Waals surface area contributed by atoms with Crippen molar-refractivity contribution in [2.75, 3.05) is 13.2 Å². The van der Waals surface area contributed by atoms with Crippen molar-refractivity contribution in [3.63, 3.8) is 0 Å². The van der Waals surface area contributed by atoms with Crippen molar-refractivity contribution in [2.45, 2.75) is 103 Å². The third-order valence-electron chi connectivity index (χ3n) is 11.3. The van der Waals surface area contributed by atoms with Crippen LogP contribution in [0.4, 0.5) is 0 Å². The van der Waals surface area contributed by atoms with E-state index in [9.17, 15) is 25.5 Å². The van der Waals surface area contributed by atoms with Gasteiger partial charge in [-0.25, -0.2) is 0 Å². The van der Waals surface area contributed by atoms with Gasteiger partial charge in [0.05, 0.1) is 18.3 Å². The molecule has 0 saturated heterocycles. The molecule has 11 atom stereocenters. The molecule has 0 aromatic rings. The Kier molecular flexibility index (Phi) is 7.36.